The van der Waals surface area contributed by atoms with E-state index in [2.05, 4.69) is 20.4 Å². The Labute approximate surface area is 109 Å². The summed E-state index contributed by atoms with van der Waals surface area (Å²) in [4.78, 5) is 17.7. The zero-order valence-corrected chi connectivity index (χ0v) is 11.0. The molecule has 2 rings (SSSR count). The molecular formula is C11H14ClN5O. The molecule has 2 N–H and O–H groups in total. The standard InChI is InChI=1S/C11H14ClN5O/c1-3-8-7(5-17(2)16-8)4-13-10-9(12)11(18)15-6-14-10/h5-6H,3-4H2,1-2H3,(H2,13,14,15,18). The van der Waals surface area contributed by atoms with E-state index >= 15 is 0 Å². The Morgan fingerprint density at radius 2 is 2.33 bits per heavy atom. The van der Waals surface area contributed by atoms with Crippen molar-refractivity contribution in [2.45, 2.75) is 19.9 Å². The second-order valence-corrected chi connectivity index (χ2v) is 4.25. The van der Waals surface area contributed by atoms with Crippen molar-refractivity contribution in [3.05, 3.63) is 39.2 Å². The van der Waals surface area contributed by atoms with E-state index in [4.69, 9.17) is 11.6 Å². The smallest absolute Gasteiger partial charge is 0.271 e. The van der Waals surface area contributed by atoms with Crippen LogP contribution in [0.2, 0.25) is 5.02 Å². The van der Waals surface area contributed by atoms with Crippen molar-refractivity contribution in [3.8, 4) is 0 Å². The summed E-state index contributed by atoms with van der Waals surface area (Å²) in [5.41, 5.74) is 1.74. The second kappa shape index (κ2) is 5.22. The van der Waals surface area contributed by atoms with E-state index in [0.29, 0.717) is 12.4 Å². The lowest BCUT2D eigenvalue weighted by Gasteiger charge is -2.05. The number of rotatable bonds is 4. The van der Waals surface area contributed by atoms with Gasteiger partial charge in [0.05, 0.1) is 12.0 Å². The molecule has 18 heavy (non-hydrogen) atoms. The molecule has 6 nitrogen and oxygen atoms in total. The van der Waals surface area contributed by atoms with Crippen LogP contribution >= 0.6 is 11.6 Å². The molecule has 2 aromatic rings. The highest BCUT2D eigenvalue weighted by molar-refractivity contribution is 6.32. The summed E-state index contributed by atoms with van der Waals surface area (Å²) >= 11 is 5.85. The lowest BCUT2D eigenvalue weighted by molar-refractivity contribution is 0.746. The summed E-state index contributed by atoms with van der Waals surface area (Å²) in [5, 5.41) is 7.45. The van der Waals surface area contributed by atoms with Crippen molar-refractivity contribution in [1.82, 2.24) is 19.7 Å². The fraction of sp³-hybridized carbons (Fsp3) is 0.364. The van der Waals surface area contributed by atoms with Crippen molar-refractivity contribution in [1.29, 1.82) is 0 Å². The first kappa shape index (κ1) is 12.6. The van der Waals surface area contributed by atoms with Crippen LogP contribution in [-0.2, 0) is 20.0 Å². The molecule has 0 saturated carbocycles. The highest BCUT2D eigenvalue weighted by Gasteiger charge is 2.08. The molecule has 2 aromatic heterocycles. The molecule has 0 amide bonds. The van der Waals surface area contributed by atoms with Crippen molar-refractivity contribution in [2.24, 2.45) is 7.05 Å². The summed E-state index contributed by atoms with van der Waals surface area (Å²) in [5.74, 6) is 0.381. The van der Waals surface area contributed by atoms with Crippen LogP contribution in [0.5, 0.6) is 0 Å². The number of anilines is 1. The largest absolute Gasteiger partial charge is 0.364 e. The van der Waals surface area contributed by atoms with Gasteiger partial charge in [-0.1, -0.05) is 18.5 Å². The fourth-order valence-corrected chi connectivity index (χ4v) is 1.88. The van der Waals surface area contributed by atoms with Crippen LogP contribution in [0.4, 0.5) is 5.82 Å². The van der Waals surface area contributed by atoms with Gasteiger partial charge in [0.15, 0.2) is 5.82 Å². The Balaban J connectivity index is 2.16. The molecule has 0 aliphatic heterocycles. The Kier molecular flexibility index (Phi) is 3.66. The van der Waals surface area contributed by atoms with E-state index in [0.717, 1.165) is 17.7 Å². The molecule has 0 aliphatic carbocycles. The summed E-state index contributed by atoms with van der Waals surface area (Å²) in [6.45, 7) is 2.58. The average Bonchev–Trinajstić information content (AvgIpc) is 2.71. The zero-order valence-electron chi connectivity index (χ0n) is 10.2. The topological polar surface area (TPSA) is 75.6 Å². The Morgan fingerprint density at radius 1 is 1.56 bits per heavy atom. The number of H-pyrrole nitrogens is 1. The number of hydrogen-bond donors (Lipinski definition) is 2. The van der Waals surface area contributed by atoms with Gasteiger partial charge >= 0.3 is 0 Å². The number of hydrogen-bond acceptors (Lipinski definition) is 4. The van der Waals surface area contributed by atoms with Gasteiger partial charge in [0.1, 0.15) is 5.02 Å². The predicted molar refractivity (Wildman–Crippen MR) is 69.8 cm³/mol. The van der Waals surface area contributed by atoms with Crippen LogP contribution in [0, 0.1) is 0 Å². The zero-order chi connectivity index (χ0) is 13.1. The van der Waals surface area contributed by atoms with Gasteiger partial charge in [-0.2, -0.15) is 5.10 Å². The molecule has 0 aromatic carbocycles. The fourth-order valence-electron chi connectivity index (χ4n) is 1.71. The van der Waals surface area contributed by atoms with Gasteiger partial charge in [-0.15, -0.1) is 0 Å². The first-order valence-electron chi connectivity index (χ1n) is 5.60. The van der Waals surface area contributed by atoms with E-state index in [-0.39, 0.29) is 10.6 Å². The van der Waals surface area contributed by atoms with Crippen LogP contribution < -0.4 is 10.9 Å². The summed E-state index contributed by atoms with van der Waals surface area (Å²) < 4.78 is 1.77. The van der Waals surface area contributed by atoms with Gasteiger partial charge < -0.3 is 10.3 Å². The molecule has 7 heteroatoms. The quantitative estimate of drug-likeness (QED) is 0.876. The molecule has 0 unspecified atom stereocenters. The number of nitrogens with zero attached hydrogens (tertiary/aromatic N) is 3. The lowest BCUT2D eigenvalue weighted by atomic mass is 10.2. The molecule has 0 atom stereocenters. The normalized spacial score (nSPS) is 10.6. The van der Waals surface area contributed by atoms with Gasteiger partial charge in [-0.05, 0) is 6.42 Å². The van der Waals surface area contributed by atoms with Gasteiger partial charge in [0.25, 0.3) is 5.56 Å². The second-order valence-electron chi connectivity index (χ2n) is 3.88. The molecule has 0 radical (unpaired) electrons. The molecule has 0 spiro atoms. The molecule has 0 aliphatic rings. The molecule has 0 bridgehead atoms. The number of nitrogens with one attached hydrogen (secondary N) is 2. The molecule has 96 valence electrons. The maximum absolute atomic E-state index is 11.3. The van der Waals surface area contributed by atoms with Gasteiger partial charge in [0, 0.05) is 25.4 Å². The maximum Gasteiger partial charge on any atom is 0.271 e. The summed E-state index contributed by atoms with van der Waals surface area (Å²) in [6.07, 6.45) is 4.11. The monoisotopic (exact) mass is 267 g/mol. The van der Waals surface area contributed by atoms with Crippen molar-refractivity contribution < 1.29 is 0 Å². The van der Waals surface area contributed by atoms with Crippen LogP contribution in [0.3, 0.4) is 0 Å². The molecule has 0 fully saturated rings. The van der Waals surface area contributed by atoms with Gasteiger partial charge in [-0.3, -0.25) is 9.48 Å². The Bertz CT molecular complexity index is 604. The lowest BCUT2D eigenvalue weighted by Crippen LogP contribution is -2.12. The third-order valence-corrected chi connectivity index (χ3v) is 2.92. The molecular weight excluding hydrogens is 254 g/mol. The third-order valence-electron chi connectivity index (χ3n) is 2.57. The van der Waals surface area contributed by atoms with Crippen LogP contribution in [-0.4, -0.2) is 19.7 Å². The van der Waals surface area contributed by atoms with Crippen molar-refractivity contribution in [3.63, 3.8) is 0 Å². The summed E-state index contributed by atoms with van der Waals surface area (Å²) in [6, 6.07) is 0. The van der Waals surface area contributed by atoms with E-state index in [1.165, 1.54) is 6.33 Å². The van der Waals surface area contributed by atoms with E-state index < -0.39 is 0 Å². The first-order chi connectivity index (χ1) is 8.61. The minimum absolute atomic E-state index is 0.0689. The van der Waals surface area contributed by atoms with E-state index in [1.54, 1.807) is 4.68 Å². The van der Waals surface area contributed by atoms with Gasteiger partial charge in [-0.25, -0.2) is 4.98 Å². The number of aromatic amines is 1. The number of halogens is 1. The highest BCUT2D eigenvalue weighted by Crippen LogP contribution is 2.15. The Hall–Kier alpha value is -1.82. The summed E-state index contributed by atoms with van der Waals surface area (Å²) in [7, 11) is 1.88. The van der Waals surface area contributed by atoms with Gasteiger partial charge in [0.2, 0.25) is 0 Å². The molecule has 0 saturated heterocycles. The maximum atomic E-state index is 11.3. The SMILES string of the molecule is CCc1nn(C)cc1CNc1nc[nH]c(=O)c1Cl. The Morgan fingerprint density at radius 3 is 3.06 bits per heavy atom. The van der Waals surface area contributed by atoms with E-state index in [9.17, 15) is 4.79 Å². The third kappa shape index (κ3) is 2.53. The van der Waals surface area contributed by atoms with Crippen LogP contribution in [0.15, 0.2) is 17.3 Å². The number of aryl methyl sites for hydroxylation is 2. The minimum Gasteiger partial charge on any atom is -0.364 e. The number of aromatic nitrogens is 4. The predicted octanol–water partition coefficient (Wildman–Crippen LogP) is 1.33. The highest BCUT2D eigenvalue weighted by atomic mass is 35.5. The average molecular weight is 268 g/mol. The van der Waals surface area contributed by atoms with E-state index in [1.807, 2.05) is 20.2 Å². The minimum atomic E-state index is -0.351. The van der Waals surface area contributed by atoms with Crippen molar-refractivity contribution in [2.75, 3.05) is 5.32 Å². The van der Waals surface area contributed by atoms with Crippen LogP contribution in [0.1, 0.15) is 18.2 Å². The van der Waals surface area contributed by atoms with Crippen LogP contribution in [0.25, 0.3) is 0 Å². The molecule has 2 heterocycles. The van der Waals surface area contributed by atoms with Crippen molar-refractivity contribution >= 4 is 17.4 Å². The first-order valence-corrected chi connectivity index (χ1v) is 5.98.